The predicted molar refractivity (Wildman–Crippen MR) is 231 cm³/mol. The summed E-state index contributed by atoms with van der Waals surface area (Å²) in [6.45, 7) is -0.373. The number of fused-ring (bicyclic) bond motifs is 3. The van der Waals surface area contributed by atoms with E-state index in [-0.39, 0.29) is 43.0 Å². The number of nitrogens with one attached hydrogen (secondary N) is 3. The van der Waals surface area contributed by atoms with Crippen molar-refractivity contribution >= 4 is 62.0 Å². The molecule has 17 heteroatoms. The number of sulfonamides is 1. The molecule has 4 aliphatic rings. The van der Waals surface area contributed by atoms with E-state index in [0.29, 0.717) is 29.8 Å². The highest BCUT2D eigenvalue weighted by molar-refractivity contribution is 7.92. The summed E-state index contributed by atoms with van der Waals surface area (Å²) in [5.74, 6) is -2.76. The Morgan fingerprint density at radius 2 is 1.69 bits per heavy atom. The van der Waals surface area contributed by atoms with E-state index in [2.05, 4.69) is 20.3 Å². The van der Waals surface area contributed by atoms with Crippen LogP contribution in [0.25, 0.3) is 21.3 Å². The molecular weight excluding hydrogens is 833 g/mol. The molecule has 4 heterocycles. The first-order chi connectivity index (χ1) is 30.0. The van der Waals surface area contributed by atoms with Crippen molar-refractivity contribution in [1.29, 1.82) is 0 Å². The Bertz CT molecular complexity index is 2450. The van der Waals surface area contributed by atoms with Crippen LogP contribution in [0.2, 0.25) is 0 Å². The Morgan fingerprint density at radius 1 is 0.903 bits per heavy atom. The molecule has 8 rings (SSSR count). The van der Waals surface area contributed by atoms with Crippen molar-refractivity contribution in [2.24, 2.45) is 5.92 Å². The normalized spacial score (nSPS) is 24.1. The third-order valence-corrected chi connectivity index (χ3v) is 15.0. The summed E-state index contributed by atoms with van der Waals surface area (Å²) in [6.07, 6.45) is 10.2. The minimum absolute atomic E-state index is 0.0275. The second-order valence-corrected chi connectivity index (χ2v) is 19.3. The number of thiophene rings is 1. The Labute approximate surface area is 364 Å². The molecule has 5 amide bonds. The highest BCUT2D eigenvalue weighted by Gasteiger charge is 2.61. The van der Waals surface area contributed by atoms with E-state index in [1.54, 1.807) is 30.5 Å². The van der Waals surface area contributed by atoms with Gasteiger partial charge < -0.3 is 29.9 Å². The van der Waals surface area contributed by atoms with Crippen LogP contribution in [-0.2, 0) is 40.5 Å². The molecule has 1 unspecified atom stereocenters. The van der Waals surface area contributed by atoms with Gasteiger partial charge in [-0.1, -0.05) is 73.5 Å². The van der Waals surface area contributed by atoms with E-state index >= 15 is 0 Å². The van der Waals surface area contributed by atoms with E-state index in [9.17, 15) is 32.4 Å². The molecule has 62 heavy (non-hydrogen) atoms. The van der Waals surface area contributed by atoms with Crippen molar-refractivity contribution in [1.82, 2.24) is 30.1 Å². The summed E-state index contributed by atoms with van der Waals surface area (Å²) in [6, 6.07) is 19.4. The molecule has 0 bridgehead atoms. The Kier molecular flexibility index (Phi) is 12.9. The van der Waals surface area contributed by atoms with Crippen molar-refractivity contribution in [3.8, 4) is 10.6 Å². The third kappa shape index (κ3) is 9.63. The number of nitrogens with zero attached hydrogens (tertiary/aromatic N) is 3. The molecule has 3 N–H and O–H groups in total. The van der Waals surface area contributed by atoms with Crippen molar-refractivity contribution in [3.63, 3.8) is 0 Å². The van der Waals surface area contributed by atoms with Crippen molar-refractivity contribution in [3.05, 3.63) is 96.7 Å². The summed E-state index contributed by atoms with van der Waals surface area (Å²) >= 11 is 0.954. The first-order valence-corrected chi connectivity index (χ1v) is 23.5. The van der Waals surface area contributed by atoms with Gasteiger partial charge in [-0.3, -0.25) is 19.4 Å². The van der Waals surface area contributed by atoms with Crippen LogP contribution >= 0.6 is 11.3 Å². The summed E-state index contributed by atoms with van der Waals surface area (Å²) in [7, 11) is -4.38. The van der Waals surface area contributed by atoms with Crippen LogP contribution in [0.5, 0.6) is 0 Å². The molecule has 2 aliphatic heterocycles. The fourth-order valence-corrected chi connectivity index (χ4v) is 10.9. The van der Waals surface area contributed by atoms with E-state index in [1.807, 2.05) is 54.6 Å². The molecule has 326 valence electrons. The molecule has 3 fully saturated rings. The Morgan fingerprint density at radius 3 is 2.52 bits per heavy atom. The number of piperazine rings is 1. The number of rotatable bonds is 8. The molecule has 2 aromatic carbocycles. The molecule has 4 aromatic rings. The summed E-state index contributed by atoms with van der Waals surface area (Å²) in [4.78, 5) is 77.9. The number of allylic oxidation sites excluding steroid dienone is 1. The van der Waals surface area contributed by atoms with Crippen molar-refractivity contribution in [2.75, 3.05) is 19.6 Å². The smallest absolute Gasteiger partial charge is 0.410 e. The van der Waals surface area contributed by atoms with E-state index in [4.69, 9.17) is 9.47 Å². The minimum atomic E-state index is -4.38. The monoisotopic (exact) mass is 882 g/mol. The topological polar surface area (TPSA) is 193 Å². The number of pyridine rings is 1. The molecule has 15 nitrogen and oxygen atoms in total. The van der Waals surface area contributed by atoms with Crippen LogP contribution in [-0.4, -0.2) is 96.5 Å². The largest absolute Gasteiger partial charge is 0.446 e. The van der Waals surface area contributed by atoms with Crippen LogP contribution in [0.3, 0.4) is 0 Å². The number of hydrogen-bond acceptors (Lipinski definition) is 11. The Balaban J connectivity index is 1.05. The number of alkyl carbamates (subject to hydrolysis) is 1. The van der Waals surface area contributed by atoms with Gasteiger partial charge in [0.25, 0.3) is 15.9 Å². The van der Waals surface area contributed by atoms with Crippen molar-refractivity contribution in [2.45, 2.75) is 98.8 Å². The van der Waals surface area contributed by atoms with Gasteiger partial charge in [0.2, 0.25) is 11.8 Å². The molecule has 0 radical (unpaired) electrons. The van der Waals surface area contributed by atoms with Gasteiger partial charge in [-0.25, -0.2) is 22.7 Å². The number of hydrogen-bond donors (Lipinski definition) is 3. The quantitative estimate of drug-likeness (QED) is 0.176. The fourth-order valence-electron chi connectivity index (χ4n) is 8.58. The summed E-state index contributed by atoms with van der Waals surface area (Å²) in [5.41, 5.74) is -0.301. The van der Waals surface area contributed by atoms with Gasteiger partial charge in [0.1, 0.15) is 34.5 Å². The van der Waals surface area contributed by atoms with Gasteiger partial charge >= 0.3 is 12.2 Å². The zero-order valence-electron chi connectivity index (χ0n) is 34.2. The van der Waals surface area contributed by atoms with Crippen LogP contribution in [0.1, 0.15) is 69.8 Å². The molecule has 0 spiro atoms. The number of aromatic nitrogens is 1. The molecule has 2 aliphatic carbocycles. The summed E-state index contributed by atoms with van der Waals surface area (Å²) in [5, 5.41) is 7.54. The number of carbonyl (C=O) groups is 5. The minimum Gasteiger partial charge on any atom is -0.446 e. The van der Waals surface area contributed by atoms with Gasteiger partial charge in [0, 0.05) is 25.2 Å². The van der Waals surface area contributed by atoms with Gasteiger partial charge in [-0.15, -0.1) is 11.3 Å². The maximum absolute atomic E-state index is 14.7. The first-order valence-electron chi connectivity index (χ1n) is 21.2. The average Bonchev–Trinajstić information content (AvgIpc) is 3.58. The second-order valence-electron chi connectivity index (χ2n) is 16.3. The maximum Gasteiger partial charge on any atom is 0.410 e. The van der Waals surface area contributed by atoms with Crippen LogP contribution < -0.4 is 15.4 Å². The van der Waals surface area contributed by atoms with Crippen LogP contribution in [0.4, 0.5) is 9.59 Å². The standard InChI is InChI=1S/C45H50N6O9S2/c52-40-37-28-50(44(56)59-29-31-15-12-14-30-13-6-9-19-34(30)31)25-26-51(37)41(53)36(47-43(55)60-33-17-7-8-18-33)21-5-3-1-2-4-16-32-27-45(32,48-40)42(54)49-62(57,58)39-23-22-38(61-39)35-20-10-11-24-46-35/h4,6,9-16,19-20,22-24,32-33,36-37H,1-3,5,7-8,17-18,21,25-29H2,(H,47,55)(H,48,52)(H,49,54)/b16-4+/t32?,36-,37-,45-/m0/s1. The van der Waals surface area contributed by atoms with Crippen molar-refractivity contribution < 1.29 is 41.9 Å². The third-order valence-electron chi connectivity index (χ3n) is 12.1. The van der Waals surface area contributed by atoms with E-state index in [0.717, 1.165) is 66.2 Å². The van der Waals surface area contributed by atoms with Crippen LogP contribution in [0.15, 0.2) is 95.4 Å². The number of ether oxygens (including phenoxy) is 2. The zero-order chi connectivity index (χ0) is 43.3. The first kappa shape index (κ1) is 42.9. The average molecular weight is 883 g/mol. The van der Waals surface area contributed by atoms with Gasteiger partial charge in [0.05, 0.1) is 17.1 Å². The fraction of sp³-hybridized carbons (Fsp3) is 0.422. The van der Waals surface area contributed by atoms with Crippen LogP contribution in [0, 0.1) is 5.92 Å². The predicted octanol–water partition coefficient (Wildman–Crippen LogP) is 6.05. The lowest BCUT2D eigenvalue weighted by molar-refractivity contribution is -0.146. The highest BCUT2D eigenvalue weighted by atomic mass is 32.2. The zero-order valence-corrected chi connectivity index (χ0v) is 35.8. The highest BCUT2D eigenvalue weighted by Crippen LogP contribution is 2.46. The molecular formula is C45H50N6O9S2. The van der Waals surface area contributed by atoms with Gasteiger partial charge in [-0.05, 0) is 92.0 Å². The molecule has 4 atom stereocenters. The van der Waals surface area contributed by atoms with E-state index in [1.165, 1.54) is 15.9 Å². The second kappa shape index (κ2) is 18.7. The lowest BCUT2D eigenvalue weighted by Crippen LogP contribution is -2.66. The number of benzene rings is 2. The maximum atomic E-state index is 14.7. The molecule has 2 aromatic heterocycles. The molecule has 2 saturated carbocycles. The van der Waals surface area contributed by atoms with Gasteiger partial charge in [-0.2, -0.15) is 0 Å². The SMILES string of the molecule is O=C(N[C@H]1CCCCC/C=C/C2C[C@]2(C(=O)NS(=O)(=O)c2ccc(-c3ccccn3)s2)NC(=O)[C@@H]2CN(C(=O)OCc3cccc4ccccc34)CCN2C1=O)OC1CCCC1. The number of amides is 5. The lowest BCUT2D eigenvalue weighted by atomic mass is 10.0. The van der Waals surface area contributed by atoms with Gasteiger partial charge in [0.15, 0.2) is 0 Å². The Hall–Kier alpha value is -5.81. The van der Waals surface area contributed by atoms with E-state index < -0.39 is 63.5 Å². The lowest BCUT2D eigenvalue weighted by Gasteiger charge is -2.41. The number of carbonyl (C=O) groups excluding carboxylic acids is 5. The molecule has 1 saturated heterocycles. The summed E-state index contributed by atoms with van der Waals surface area (Å²) < 4.78 is 41.0.